The van der Waals surface area contributed by atoms with E-state index >= 15 is 0 Å². The first-order valence-corrected chi connectivity index (χ1v) is 8.02. The number of amides is 1. The molecular formula is C15H12BrNOS. The molecule has 0 aliphatic carbocycles. The molecule has 2 nitrogen and oxygen atoms in total. The highest BCUT2D eigenvalue weighted by atomic mass is 79.9. The predicted molar refractivity (Wildman–Crippen MR) is 84.5 cm³/mol. The van der Waals surface area contributed by atoms with Gasteiger partial charge in [-0.25, -0.2) is 0 Å². The molecule has 0 aromatic heterocycles. The van der Waals surface area contributed by atoms with E-state index in [1.165, 1.54) is 0 Å². The lowest BCUT2D eigenvalue weighted by Crippen LogP contribution is -2.08. The molecule has 96 valence electrons. The summed E-state index contributed by atoms with van der Waals surface area (Å²) >= 11 is 5.14. The first kappa shape index (κ1) is 12.8. The van der Waals surface area contributed by atoms with Crippen molar-refractivity contribution in [2.24, 2.45) is 0 Å². The molecular weight excluding hydrogens is 322 g/mol. The number of carbonyl (C=O) groups is 1. The van der Waals surface area contributed by atoms with Crippen LogP contribution in [-0.4, -0.2) is 12.2 Å². The van der Waals surface area contributed by atoms with Gasteiger partial charge in [-0.1, -0.05) is 52.3 Å². The number of carbonyl (C=O) groups excluding carboxylic acids is 1. The molecule has 2 aromatic rings. The molecule has 4 heteroatoms. The number of halogens is 1. The molecule has 0 saturated carbocycles. The molecule has 3 rings (SSSR count). The van der Waals surface area contributed by atoms with Crippen LogP contribution in [0.15, 0.2) is 46.9 Å². The summed E-state index contributed by atoms with van der Waals surface area (Å²) in [6.07, 6.45) is 1.96. The smallest absolute Gasteiger partial charge is 0.242 e. The molecule has 19 heavy (non-hydrogen) atoms. The maximum absolute atomic E-state index is 12.0. The van der Waals surface area contributed by atoms with Gasteiger partial charge in [-0.05, 0) is 23.4 Å². The van der Waals surface area contributed by atoms with Gasteiger partial charge in [-0.3, -0.25) is 4.79 Å². The van der Waals surface area contributed by atoms with Crippen molar-refractivity contribution in [2.75, 3.05) is 11.6 Å². The first-order valence-electron chi connectivity index (χ1n) is 5.94. The van der Waals surface area contributed by atoms with Crippen molar-refractivity contribution < 1.29 is 4.79 Å². The summed E-state index contributed by atoms with van der Waals surface area (Å²) in [6, 6.07) is 14.1. The minimum Gasteiger partial charge on any atom is -0.324 e. The molecule has 1 aliphatic heterocycles. The van der Waals surface area contributed by atoms with Crippen LogP contribution in [0, 0.1) is 0 Å². The molecule has 1 heterocycles. The number of nitrogens with one attached hydrogen (secondary N) is 1. The van der Waals surface area contributed by atoms with Crippen LogP contribution in [-0.2, 0) is 4.79 Å². The number of benzene rings is 2. The van der Waals surface area contributed by atoms with Gasteiger partial charge in [-0.15, -0.1) is 11.8 Å². The molecule has 0 fully saturated rings. The minimum absolute atomic E-state index is 0.0713. The van der Waals surface area contributed by atoms with Gasteiger partial charge in [0.25, 0.3) is 0 Å². The standard InChI is InChI=1S/C15H12BrNOS/c1-19-14-11-7-4-6-10(13(11)17-15(14)18)9-5-2-3-8-12(9)16/h2-8,14H,1H3,(H,17,18). The largest absolute Gasteiger partial charge is 0.324 e. The molecule has 0 radical (unpaired) electrons. The van der Waals surface area contributed by atoms with Crippen LogP contribution in [0.25, 0.3) is 11.1 Å². The number of anilines is 1. The zero-order valence-corrected chi connectivity index (χ0v) is 12.7. The normalized spacial score (nSPS) is 17.2. The Morgan fingerprint density at radius 1 is 1.11 bits per heavy atom. The van der Waals surface area contributed by atoms with Crippen molar-refractivity contribution in [2.45, 2.75) is 5.25 Å². The molecule has 1 atom stereocenters. The Morgan fingerprint density at radius 3 is 2.58 bits per heavy atom. The average Bonchev–Trinajstić information content (AvgIpc) is 2.74. The second-order valence-corrected chi connectivity index (χ2v) is 6.15. The van der Waals surface area contributed by atoms with Crippen LogP contribution in [0.5, 0.6) is 0 Å². The third kappa shape index (κ3) is 2.09. The number of rotatable bonds is 2. The third-order valence-electron chi connectivity index (χ3n) is 3.27. The Morgan fingerprint density at radius 2 is 1.84 bits per heavy atom. The lowest BCUT2D eigenvalue weighted by atomic mass is 10.0. The Kier molecular flexibility index (Phi) is 3.37. The van der Waals surface area contributed by atoms with Crippen LogP contribution < -0.4 is 5.32 Å². The van der Waals surface area contributed by atoms with E-state index in [1.54, 1.807) is 11.8 Å². The highest BCUT2D eigenvalue weighted by Crippen LogP contribution is 2.45. The van der Waals surface area contributed by atoms with Crippen molar-refractivity contribution >= 4 is 39.3 Å². The van der Waals surface area contributed by atoms with Gasteiger partial charge < -0.3 is 5.32 Å². The lowest BCUT2D eigenvalue weighted by Gasteiger charge is -2.10. The molecule has 0 spiro atoms. The molecule has 1 amide bonds. The summed E-state index contributed by atoms with van der Waals surface area (Å²) in [6.45, 7) is 0. The van der Waals surface area contributed by atoms with Crippen LogP contribution in [0.2, 0.25) is 0 Å². The van der Waals surface area contributed by atoms with E-state index in [0.29, 0.717) is 0 Å². The Bertz CT molecular complexity index is 656. The van der Waals surface area contributed by atoms with Crippen molar-refractivity contribution in [1.82, 2.24) is 0 Å². The van der Waals surface area contributed by atoms with Crippen LogP contribution in [0.4, 0.5) is 5.69 Å². The van der Waals surface area contributed by atoms with Crippen molar-refractivity contribution in [3.8, 4) is 11.1 Å². The van der Waals surface area contributed by atoms with Crippen LogP contribution in [0.1, 0.15) is 10.8 Å². The maximum Gasteiger partial charge on any atom is 0.242 e. The highest BCUT2D eigenvalue weighted by molar-refractivity contribution is 9.10. The summed E-state index contributed by atoms with van der Waals surface area (Å²) in [7, 11) is 0. The van der Waals surface area contributed by atoms with Gasteiger partial charge in [0.1, 0.15) is 5.25 Å². The SMILES string of the molecule is CSC1C(=O)Nc2c(-c3ccccc3Br)cccc21. The van der Waals surface area contributed by atoms with E-state index in [1.807, 2.05) is 42.7 Å². The lowest BCUT2D eigenvalue weighted by molar-refractivity contribution is -0.115. The molecule has 0 bridgehead atoms. The van der Waals surface area contributed by atoms with E-state index in [2.05, 4.69) is 27.3 Å². The Labute approximate surface area is 124 Å². The summed E-state index contributed by atoms with van der Waals surface area (Å²) in [5.74, 6) is 0.0713. The zero-order chi connectivity index (χ0) is 13.4. The number of fused-ring (bicyclic) bond motifs is 1. The molecule has 0 saturated heterocycles. The molecule has 1 N–H and O–H groups in total. The fourth-order valence-electron chi connectivity index (χ4n) is 2.40. The maximum atomic E-state index is 12.0. The van der Waals surface area contributed by atoms with Crippen LogP contribution in [0.3, 0.4) is 0 Å². The molecule has 1 unspecified atom stereocenters. The fraction of sp³-hybridized carbons (Fsp3) is 0.133. The topological polar surface area (TPSA) is 29.1 Å². The summed E-state index contributed by atoms with van der Waals surface area (Å²) < 4.78 is 1.03. The van der Waals surface area contributed by atoms with Gasteiger partial charge >= 0.3 is 0 Å². The Hall–Kier alpha value is -1.26. The van der Waals surface area contributed by atoms with Gasteiger partial charge in [0.2, 0.25) is 5.91 Å². The summed E-state index contributed by atoms with van der Waals surface area (Å²) in [4.78, 5) is 12.0. The summed E-state index contributed by atoms with van der Waals surface area (Å²) in [5.41, 5.74) is 4.18. The van der Waals surface area contributed by atoms with E-state index in [0.717, 1.165) is 26.9 Å². The predicted octanol–water partition coefficient (Wildman–Crippen LogP) is 4.47. The third-order valence-corrected chi connectivity index (χ3v) is 4.90. The second-order valence-electron chi connectivity index (χ2n) is 4.35. The van der Waals surface area contributed by atoms with Gasteiger partial charge in [0.15, 0.2) is 0 Å². The zero-order valence-electron chi connectivity index (χ0n) is 10.3. The average molecular weight is 334 g/mol. The summed E-state index contributed by atoms with van der Waals surface area (Å²) in [5, 5.41) is 2.91. The van der Waals surface area contributed by atoms with Gasteiger partial charge in [0, 0.05) is 10.0 Å². The van der Waals surface area contributed by atoms with E-state index in [-0.39, 0.29) is 11.2 Å². The fourth-order valence-corrected chi connectivity index (χ4v) is 3.62. The van der Waals surface area contributed by atoms with Crippen molar-refractivity contribution in [3.63, 3.8) is 0 Å². The quantitative estimate of drug-likeness (QED) is 0.878. The van der Waals surface area contributed by atoms with Gasteiger partial charge in [-0.2, -0.15) is 0 Å². The second kappa shape index (κ2) is 5.02. The van der Waals surface area contributed by atoms with Gasteiger partial charge in [0.05, 0.1) is 5.69 Å². The van der Waals surface area contributed by atoms with E-state index < -0.39 is 0 Å². The van der Waals surface area contributed by atoms with Crippen LogP contribution >= 0.6 is 27.7 Å². The van der Waals surface area contributed by atoms with Crippen molar-refractivity contribution in [3.05, 3.63) is 52.5 Å². The minimum atomic E-state index is -0.0996. The highest BCUT2D eigenvalue weighted by Gasteiger charge is 2.31. The first-order chi connectivity index (χ1) is 9.22. The van der Waals surface area contributed by atoms with Crippen molar-refractivity contribution in [1.29, 1.82) is 0 Å². The van der Waals surface area contributed by atoms with E-state index in [4.69, 9.17) is 0 Å². The Balaban J connectivity index is 2.19. The number of hydrogen-bond acceptors (Lipinski definition) is 2. The number of hydrogen-bond donors (Lipinski definition) is 1. The monoisotopic (exact) mass is 333 g/mol. The molecule has 1 aliphatic rings. The number of thioether (sulfide) groups is 1. The number of para-hydroxylation sites is 1. The molecule has 2 aromatic carbocycles. The van der Waals surface area contributed by atoms with E-state index in [9.17, 15) is 4.79 Å².